The Balaban J connectivity index is 2.00. The third kappa shape index (κ3) is 3.58. The predicted molar refractivity (Wildman–Crippen MR) is 79.3 cm³/mol. The van der Waals surface area contributed by atoms with E-state index >= 15 is 0 Å². The highest BCUT2D eigenvalue weighted by Gasteiger charge is 2.05. The van der Waals surface area contributed by atoms with Crippen molar-refractivity contribution in [2.45, 2.75) is 33.4 Å². The summed E-state index contributed by atoms with van der Waals surface area (Å²) in [5, 5.41) is 13.0. The molecule has 0 heterocycles. The summed E-state index contributed by atoms with van der Waals surface area (Å²) in [5.74, 6) is 0.317. The van der Waals surface area contributed by atoms with Gasteiger partial charge in [0.15, 0.2) is 0 Å². The van der Waals surface area contributed by atoms with Crippen LogP contribution in [-0.4, -0.2) is 5.11 Å². The fourth-order valence-electron chi connectivity index (χ4n) is 2.10. The first-order chi connectivity index (χ1) is 9.06. The fourth-order valence-corrected chi connectivity index (χ4v) is 2.10. The summed E-state index contributed by atoms with van der Waals surface area (Å²) in [6.07, 6.45) is 0. The van der Waals surface area contributed by atoms with Gasteiger partial charge in [0.25, 0.3) is 0 Å². The van der Waals surface area contributed by atoms with Gasteiger partial charge in [-0.15, -0.1) is 0 Å². The first-order valence-electron chi connectivity index (χ1n) is 6.64. The molecule has 0 aliphatic heterocycles. The Labute approximate surface area is 115 Å². The summed E-state index contributed by atoms with van der Waals surface area (Å²) in [5.41, 5.74) is 5.04. The molecule has 2 nitrogen and oxygen atoms in total. The molecule has 0 saturated heterocycles. The normalized spacial score (nSPS) is 12.4. The molecule has 1 atom stereocenters. The second kappa shape index (κ2) is 5.89. The van der Waals surface area contributed by atoms with Crippen molar-refractivity contribution >= 4 is 0 Å². The lowest BCUT2D eigenvalue weighted by Crippen LogP contribution is -2.18. The Morgan fingerprint density at radius 3 is 2.53 bits per heavy atom. The van der Waals surface area contributed by atoms with Gasteiger partial charge in [0.1, 0.15) is 5.75 Å². The van der Waals surface area contributed by atoms with Crippen LogP contribution in [-0.2, 0) is 6.54 Å². The molecular formula is C17H21NO. The van der Waals surface area contributed by atoms with Crippen LogP contribution >= 0.6 is 0 Å². The molecule has 2 rings (SSSR count). The molecular weight excluding hydrogens is 234 g/mol. The molecule has 0 saturated carbocycles. The largest absolute Gasteiger partial charge is 0.508 e. The quantitative estimate of drug-likeness (QED) is 0.869. The molecule has 0 aromatic heterocycles. The lowest BCUT2D eigenvalue weighted by Gasteiger charge is -2.15. The minimum absolute atomic E-state index is 0.216. The highest BCUT2D eigenvalue weighted by Crippen LogP contribution is 2.18. The molecule has 0 radical (unpaired) electrons. The summed E-state index contributed by atoms with van der Waals surface area (Å²) in [6, 6.07) is 14.1. The predicted octanol–water partition coefficient (Wildman–Crippen LogP) is 3.86. The van der Waals surface area contributed by atoms with Crippen molar-refractivity contribution in [3.05, 3.63) is 64.7 Å². The van der Waals surface area contributed by atoms with E-state index in [2.05, 4.69) is 44.3 Å². The van der Waals surface area contributed by atoms with Gasteiger partial charge in [-0.05, 0) is 55.2 Å². The van der Waals surface area contributed by atoms with Crippen molar-refractivity contribution in [3.8, 4) is 5.75 Å². The molecule has 0 aliphatic rings. The zero-order valence-electron chi connectivity index (χ0n) is 11.8. The van der Waals surface area contributed by atoms with E-state index < -0.39 is 0 Å². The molecule has 0 aliphatic carbocycles. The first-order valence-corrected chi connectivity index (χ1v) is 6.64. The molecule has 1 unspecified atom stereocenters. The zero-order valence-corrected chi connectivity index (χ0v) is 11.8. The van der Waals surface area contributed by atoms with Gasteiger partial charge in [-0.2, -0.15) is 0 Å². The third-order valence-electron chi connectivity index (χ3n) is 3.55. The van der Waals surface area contributed by atoms with Crippen molar-refractivity contribution in [1.29, 1.82) is 0 Å². The van der Waals surface area contributed by atoms with Gasteiger partial charge in [0.05, 0.1) is 0 Å². The summed E-state index contributed by atoms with van der Waals surface area (Å²) >= 11 is 0. The molecule has 0 amide bonds. The Morgan fingerprint density at radius 2 is 1.84 bits per heavy atom. The Morgan fingerprint density at radius 1 is 1.05 bits per heavy atom. The Kier molecular flexibility index (Phi) is 4.23. The van der Waals surface area contributed by atoms with Crippen LogP contribution in [0.5, 0.6) is 5.75 Å². The van der Waals surface area contributed by atoms with Crippen LogP contribution in [0.25, 0.3) is 0 Å². The number of aryl methyl sites for hydroxylation is 2. The molecule has 0 spiro atoms. The lowest BCUT2D eigenvalue weighted by atomic mass is 10.0. The summed E-state index contributed by atoms with van der Waals surface area (Å²) in [7, 11) is 0. The molecule has 0 fully saturated rings. The third-order valence-corrected chi connectivity index (χ3v) is 3.55. The number of nitrogens with one attached hydrogen (secondary N) is 1. The molecule has 0 bridgehead atoms. The topological polar surface area (TPSA) is 32.3 Å². The van der Waals surface area contributed by atoms with E-state index in [0.717, 1.165) is 12.1 Å². The van der Waals surface area contributed by atoms with E-state index in [1.165, 1.54) is 16.7 Å². The summed E-state index contributed by atoms with van der Waals surface area (Å²) in [4.78, 5) is 0. The monoisotopic (exact) mass is 255 g/mol. The summed E-state index contributed by atoms with van der Waals surface area (Å²) < 4.78 is 0. The number of phenols is 1. The average molecular weight is 255 g/mol. The maximum absolute atomic E-state index is 9.49. The van der Waals surface area contributed by atoms with E-state index in [0.29, 0.717) is 5.75 Å². The van der Waals surface area contributed by atoms with Crippen molar-refractivity contribution in [2.75, 3.05) is 0 Å². The van der Waals surface area contributed by atoms with Crippen LogP contribution < -0.4 is 5.32 Å². The van der Waals surface area contributed by atoms with E-state index in [1.54, 1.807) is 12.1 Å². The van der Waals surface area contributed by atoms with E-state index in [-0.39, 0.29) is 6.04 Å². The van der Waals surface area contributed by atoms with Gasteiger partial charge < -0.3 is 10.4 Å². The average Bonchev–Trinajstić information content (AvgIpc) is 2.40. The van der Waals surface area contributed by atoms with E-state index in [1.807, 2.05) is 12.1 Å². The van der Waals surface area contributed by atoms with E-state index in [9.17, 15) is 5.11 Å². The van der Waals surface area contributed by atoms with Gasteiger partial charge in [0, 0.05) is 12.6 Å². The van der Waals surface area contributed by atoms with Gasteiger partial charge in [-0.3, -0.25) is 0 Å². The zero-order chi connectivity index (χ0) is 13.8. The van der Waals surface area contributed by atoms with Gasteiger partial charge in [0.2, 0.25) is 0 Å². The standard InChI is InChI=1S/C17H21NO/c1-12-7-8-15(9-13(12)2)11-18-14(3)16-5-4-6-17(19)10-16/h4-10,14,18-19H,11H2,1-3H3. The Bertz CT molecular complexity index is 563. The highest BCUT2D eigenvalue weighted by atomic mass is 16.3. The van der Waals surface area contributed by atoms with Gasteiger partial charge in [-0.25, -0.2) is 0 Å². The smallest absolute Gasteiger partial charge is 0.115 e. The van der Waals surface area contributed by atoms with Gasteiger partial charge in [-0.1, -0.05) is 30.3 Å². The maximum Gasteiger partial charge on any atom is 0.115 e. The van der Waals surface area contributed by atoms with Crippen LogP contribution in [0.15, 0.2) is 42.5 Å². The number of hydrogen-bond donors (Lipinski definition) is 2. The van der Waals surface area contributed by atoms with Crippen LogP contribution in [0, 0.1) is 13.8 Å². The second-order valence-corrected chi connectivity index (χ2v) is 5.12. The fraction of sp³-hybridized carbons (Fsp3) is 0.294. The van der Waals surface area contributed by atoms with Crippen molar-refractivity contribution in [2.24, 2.45) is 0 Å². The summed E-state index contributed by atoms with van der Waals surface area (Å²) in [6.45, 7) is 7.20. The van der Waals surface area contributed by atoms with Crippen molar-refractivity contribution in [1.82, 2.24) is 5.32 Å². The van der Waals surface area contributed by atoms with Gasteiger partial charge >= 0.3 is 0 Å². The van der Waals surface area contributed by atoms with E-state index in [4.69, 9.17) is 0 Å². The minimum atomic E-state index is 0.216. The molecule has 2 aromatic carbocycles. The van der Waals surface area contributed by atoms with Crippen LogP contribution in [0.3, 0.4) is 0 Å². The lowest BCUT2D eigenvalue weighted by molar-refractivity contribution is 0.472. The first kappa shape index (κ1) is 13.6. The number of rotatable bonds is 4. The highest BCUT2D eigenvalue weighted by molar-refractivity contribution is 5.31. The van der Waals surface area contributed by atoms with Crippen molar-refractivity contribution < 1.29 is 5.11 Å². The molecule has 2 N–H and O–H groups in total. The second-order valence-electron chi connectivity index (χ2n) is 5.12. The van der Waals surface area contributed by atoms with Crippen LogP contribution in [0.1, 0.15) is 35.2 Å². The molecule has 2 aromatic rings. The van der Waals surface area contributed by atoms with Crippen molar-refractivity contribution in [3.63, 3.8) is 0 Å². The van der Waals surface area contributed by atoms with Crippen LogP contribution in [0.2, 0.25) is 0 Å². The number of hydrogen-bond acceptors (Lipinski definition) is 2. The SMILES string of the molecule is Cc1ccc(CNC(C)c2cccc(O)c2)cc1C. The van der Waals surface area contributed by atoms with Crippen LogP contribution in [0.4, 0.5) is 0 Å². The number of phenolic OH excluding ortho intramolecular Hbond substituents is 1. The minimum Gasteiger partial charge on any atom is -0.508 e. The Hall–Kier alpha value is -1.80. The molecule has 2 heteroatoms. The molecule has 19 heavy (non-hydrogen) atoms. The number of benzene rings is 2. The maximum atomic E-state index is 9.49. The molecule has 100 valence electrons. The number of aromatic hydroxyl groups is 1.